The molecule has 3 rings (SSSR count). The molecular formula is C21H21ClN2O5. The number of furan rings is 1. The number of methoxy groups -OCH3 is 1. The van der Waals surface area contributed by atoms with Gasteiger partial charge >= 0.3 is 5.91 Å². The smallest absolute Gasteiger partial charge is 0.305 e. The zero-order valence-corrected chi connectivity index (χ0v) is 17.1. The van der Waals surface area contributed by atoms with Gasteiger partial charge in [-0.3, -0.25) is 20.4 Å². The van der Waals surface area contributed by atoms with Crippen LogP contribution in [0.2, 0.25) is 5.02 Å². The third kappa shape index (κ3) is 4.30. The molecular weight excluding hydrogens is 396 g/mol. The summed E-state index contributed by atoms with van der Waals surface area (Å²) in [6.07, 6.45) is 0.801. The topological polar surface area (TPSA) is 89.8 Å². The highest BCUT2D eigenvalue weighted by atomic mass is 35.5. The number of benzene rings is 2. The summed E-state index contributed by atoms with van der Waals surface area (Å²) in [6, 6.07) is 10.3. The molecule has 7 nitrogen and oxygen atoms in total. The first-order valence-corrected chi connectivity index (χ1v) is 9.43. The number of hydrogen-bond acceptors (Lipinski definition) is 5. The normalized spacial score (nSPS) is 10.6. The number of hydrogen-bond donors (Lipinski definition) is 2. The number of fused-ring (bicyclic) bond motifs is 1. The van der Waals surface area contributed by atoms with Crippen molar-refractivity contribution >= 4 is 34.4 Å². The highest BCUT2D eigenvalue weighted by Crippen LogP contribution is 2.36. The molecule has 0 aliphatic rings. The first kappa shape index (κ1) is 20.5. The molecule has 0 spiro atoms. The molecule has 29 heavy (non-hydrogen) atoms. The van der Waals surface area contributed by atoms with Gasteiger partial charge in [0.25, 0.3) is 5.91 Å². The number of halogens is 1. The average Bonchev–Trinajstić information content (AvgIpc) is 3.07. The Balaban J connectivity index is 1.73. The van der Waals surface area contributed by atoms with E-state index in [-0.39, 0.29) is 16.3 Å². The van der Waals surface area contributed by atoms with Crippen LogP contribution in [-0.2, 0) is 0 Å². The van der Waals surface area contributed by atoms with Crippen molar-refractivity contribution in [3.63, 3.8) is 0 Å². The van der Waals surface area contributed by atoms with Crippen LogP contribution in [0.3, 0.4) is 0 Å². The van der Waals surface area contributed by atoms with Crippen LogP contribution in [0.4, 0.5) is 0 Å². The van der Waals surface area contributed by atoms with Crippen molar-refractivity contribution in [2.75, 3.05) is 13.7 Å². The molecule has 0 aliphatic carbocycles. The number of nitrogens with one attached hydrogen (secondary N) is 2. The van der Waals surface area contributed by atoms with Gasteiger partial charge in [0.2, 0.25) is 0 Å². The molecule has 0 aliphatic heterocycles. The summed E-state index contributed by atoms with van der Waals surface area (Å²) in [5.41, 5.74) is 6.21. The molecule has 0 unspecified atom stereocenters. The van der Waals surface area contributed by atoms with Gasteiger partial charge < -0.3 is 13.9 Å². The Morgan fingerprint density at radius 1 is 1.14 bits per heavy atom. The molecule has 1 aromatic heterocycles. The molecule has 1 heterocycles. The van der Waals surface area contributed by atoms with E-state index in [1.165, 1.54) is 19.2 Å². The fourth-order valence-electron chi connectivity index (χ4n) is 2.83. The SMILES string of the molecule is CCCOc1c(Cl)cc(C(=O)NNC(=O)c2oc3ccccc3c2C)cc1OC. The van der Waals surface area contributed by atoms with E-state index >= 15 is 0 Å². The number of aryl methyl sites for hydroxylation is 1. The molecule has 0 fully saturated rings. The van der Waals surface area contributed by atoms with Gasteiger partial charge in [-0.25, -0.2) is 0 Å². The van der Waals surface area contributed by atoms with Crippen molar-refractivity contribution < 1.29 is 23.5 Å². The number of ether oxygens (including phenoxy) is 2. The summed E-state index contributed by atoms with van der Waals surface area (Å²) in [5, 5.41) is 1.07. The van der Waals surface area contributed by atoms with E-state index in [2.05, 4.69) is 10.9 Å². The second kappa shape index (κ2) is 8.87. The van der Waals surface area contributed by atoms with Crippen LogP contribution in [0.1, 0.15) is 39.8 Å². The summed E-state index contributed by atoms with van der Waals surface area (Å²) in [6.45, 7) is 4.21. The molecule has 0 saturated carbocycles. The number of amides is 2. The molecule has 2 amide bonds. The Labute approximate surface area is 172 Å². The summed E-state index contributed by atoms with van der Waals surface area (Å²) in [4.78, 5) is 24.9. The lowest BCUT2D eigenvalue weighted by Gasteiger charge is -2.14. The quantitative estimate of drug-likeness (QED) is 0.586. The molecule has 0 saturated heterocycles. The molecule has 2 N–H and O–H groups in total. The summed E-state index contributed by atoms with van der Waals surface area (Å²) in [5.74, 6) is -0.294. The van der Waals surface area contributed by atoms with E-state index in [1.54, 1.807) is 13.0 Å². The lowest BCUT2D eigenvalue weighted by molar-refractivity contribution is 0.0831. The number of hydrazine groups is 1. The minimum Gasteiger partial charge on any atom is -0.493 e. The minimum absolute atomic E-state index is 0.130. The van der Waals surface area contributed by atoms with Crippen LogP contribution in [0.15, 0.2) is 40.8 Å². The zero-order valence-electron chi connectivity index (χ0n) is 16.3. The van der Waals surface area contributed by atoms with Gasteiger partial charge in [0.05, 0.1) is 18.7 Å². The molecule has 0 bridgehead atoms. The third-order valence-corrected chi connectivity index (χ3v) is 4.56. The molecule has 0 atom stereocenters. The third-order valence-electron chi connectivity index (χ3n) is 4.28. The monoisotopic (exact) mass is 416 g/mol. The van der Waals surface area contributed by atoms with Gasteiger partial charge in [-0.15, -0.1) is 0 Å². The number of rotatable bonds is 6. The standard InChI is InChI=1S/C21H21ClN2O5/c1-4-9-28-19-15(22)10-13(11-17(19)27-3)20(25)23-24-21(26)18-12(2)14-7-5-6-8-16(14)29-18/h5-8,10-11H,4,9H2,1-3H3,(H,23,25)(H,24,26). The zero-order chi connectivity index (χ0) is 21.0. The maximum atomic E-state index is 12.5. The van der Waals surface area contributed by atoms with E-state index < -0.39 is 11.8 Å². The van der Waals surface area contributed by atoms with Gasteiger partial charge in [0.15, 0.2) is 17.3 Å². The lowest BCUT2D eigenvalue weighted by Crippen LogP contribution is -2.41. The van der Waals surface area contributed by atoms with Crippen molar-refractivity contribution in [2.45, 2.75) is 20.3 Å². The Morgan fingerprint density at radius 3 is 2.55 bits per heavy atom. The summed E-state index contributed by atoms with van der Waals surface area (Å²) < 4.78 is 16.4. The predicted octanol–water partition coefficient (Wildman–Crippen LogP) is 4.27. The van der Waals surface area contributed by atoms with Gasteiger partial charge in [0, 0.05) is 16.5 Å². The van der Waals surface area contributed by atoms with Crippen molar-refractivity contribution in [1.29, 1.82) is 0 Å². The first-order valence-electron chi connectivity index (χ1n) is 9.05. The van der Waals surface area contributed by atoms with E-state index in [1.807, 2.05) is 25.1 Å². The fraction of sp³-hybridized carbons (Fsp3) is 0.238. The average molecular weight is 417 g/mol. The van der Waals surface area contributed by atoms with E-state index in [0.717, 1.165) is 11.8 Å². The predicted molar refractivity (Wildman–Crippen MR) is 110 cm³/mol. The molecule has 3 aromatic rings. The highest BCUT2D eigenvalue weighted by molar-refractivity contribution is 6.32. The fourth-order valence-corrected chi connectivity index (χ4v) is 3.09. The van der Waals surface area contributed by atoms with Gasteiger partial charge in [-0.05, 0) is 31.5 Å². The maximum Gasteiger partial charge on any atom is 0.305 e. The van der Waals surface area contributed by atoms with Crippen molar-refractivity contribution in [1.82, 2.24) is 10.9 Å². The van der Waals surface area contributed by atoms with Crippen LogP contribution >= 0.6 is 11.6 Å². The largest absolute Gasteiger partial charge is 0.493 e. The minimum atomic E-state index is -0.562. The van der Waals surface area contributed by atoms with Crippen LogP contribution in [-0.4, -0.2) is 25.5 Å². The van der Waals surface area contributed by atoms with Crippen molar-refractivity contribution in [3.05, 3.63) is 58.3 Å². The van der Waals surface area contributed by atoms with E-state index in [0.29, 0.717) is 29.3 Å². The van der Waals surface area contributed by atoms with Crippen LogP contribution in [0, 0.1) is 6.92 Å². The van der Waals surface area contributed by atoms with Crippen LogP contribution in [0.25, 0.3) is 11.0 Å². The van der Waals surface area contributed by atoms with Crippen molar-refractivity contribution in [3.8, 4) is 11.5 Å². The van der Waals surface area contributed by atoms with Crippen LogP contribution in [0.5, 0.6) is 11.5 Å². The number of para-hydroxylation sites is 1. The molecule has 2 aromatic carbocycles. The Hall–Kier alpha value is -3.19. The molecule has 152 valence electrons. The Morgan fingerprint density at radius 2 is 1.86 bits per heavy atom. The first-order chi connectivity index (χ1) is 14.0. The number of carbonyl (C=O) groups is 2. The highest BCUT2D eigenvalue weighted by Gasteiger charge is 2.20. The van der Waals surface area contributed by atoms with Gasteiger partial charge in [-0.2, -0.15) is 0 Å². The van der Waals surface area contributed by atoms with E-state index in [9.17, 15) is 9.59 Å². The summed E-state index contributed by atoms with van der Waals surface area (Å²) in [7, 11) is 1.46. The van der Waals surface area contributed by atoms with Crippen molar-refractivity contribution in [2.24, 2.45) is 0 Å². The van der Waals surface area contributed by atoms with Crippen LogP contribution < -0.4 is 20.3 Å². The van der Waals surface area contributed by atoms with Gasteiger partial charge in [0.1, 0.15) is 5.58 Å². The Kier molecular flexibility index (Phi) is 6.29. The lowest BCUT2D eigenvalue weighted by atomic mass is 10.1. The summed E-state index contributed by atoms with van der Waals surface area (Å²) >= 11 is 6.23. The number of carbonyl (C=O) groups excluding carboxylic acids is 2. The maximum absolute atomic E-state index is 12.5. The molecule has 0 radical (unpaired) electrons. The van der Waals surface area contributed by atoms with E-state index in [4.69, 9.17) is 25.5 Å². The second-order valence-electron chi connectivity index (χ2n) is 6.30. The molecule has 8 heteroatoms. The van der Waals surface area contributed by atoms with Gasteiger partial charge in [-0.1, -0.05) is 36.7 Å². The Bertz CT molecular complexity index is 1060. The second-order valence-corrected chi connectivity index (χ2v) is 6.71.